The minimum Gasteiger partial charge on any atom is -0.394 e. The molecule has 0 bridgehead atoms. The number of hydrogen-bond donors (Lipinski definition) is 6. The Kier molecular flexibility index (Phi) is 47.4. The highest BCUT2D eigenvalue weighted by atomic mass is 16.7. The van der Waals surface area contributed by atoms with Crippen LogP contribution < -0.4 is 5.32 Å². The van der Waals surface area contributed by atoms with Gasteiger partial charge in [-0.2, -0.15) is 0 Å². The van der Waals surface area contributed by atoms with E-state index in [4.69, 9.17) is 9.47 Å². The van der Waals surface area contributed by atoms with Gasteiger partial charge >= 0.3 is 0 Å². The number of nitrogens with one attached hydrogen (secondary N) is 1. The van der Waals surface area contributed by atoms with Crippen LogP contribution in [0.4, 0.5) is 0 Å². The minimum atomic E-state index is -1.57. The Morgan fingerprint density at radius 2 is 0.884 bits per heavy atom. The van der Waals surface area contributed by atoms with Gasteiger partial charge in [0.2, 0.25) is 5.91 Å². The van der Waals surface area contributed by atoms with E-state index in [9.17, 15) is 30.3 Å². The molecular weight excluding hydrogens is 863 g/mol. The molecule has 1 amide bonds. The lowest BCUT2D eigenvalue weighted by molar-refractivity contribution is -0.302. The number of aliphatic hydroxyl groups is 5. The van der Waals surface area contributed by atoms with E-state index < -0.39 is 49.5 Å². The predicted octanol–water partition coefficient (Wildman–Crippen LogP) is 14.7. The average molecular weight is 977 g/mol. The van der Waals surface area contributed by atoms with Crippen molar-refractivity contribution in [3.63, 3.8) is 0 Å². The van der Waals surface area contributed by atoms with Gasteiger partial charge in [-0.05, 0) is 44.9 Å². The fourth-order valence-electron chi connectivity index (χ4n) is 9.49. The van der Waals surface area contributed by atoms with E-state index in [1.54, 1.807) is 6.08 Å². The van der Waals surface area contributed by atoms with Crippen molar-refractivity contribution in [2.75, 3.05) is 13.2 Å². The van der Waals surface area contributed by atoms with Crippen LogP contribution in [0.5, 0.6) is 0 Å². The van der Waals surface area contributed by atoms with Crippen LogP contribution in [0.15, 0.2) is 36.5 Å². The van der Waals surface area contributed by atoms with Gasteiger partial charge in [-0.25, -0.2) is 0 Å². The summed E-state index contributed by atoms with van der Waals surface area (Å²) in [4.78, 5) is 13.0. The smallest absolute Gasteiger partial charge is 0.220 e. The maximum absolute atomic E-state index is 13.0. The Hall–Kier alpha value is -1.59. The van der Waals surface area contributed by atoms with Crippen LogP contribution in [0.25, 0.3) is 0 Å². The molecule has 0 aromatic carbocycles. The molecule has 6 N–H and O–H groups in total. The van der Waals surface area contributed by atoms with Gasteiger partial charge in [-0.1, -0.05) is 269 Å². The molecule has 406 valence electrons. The van der Waals surface area contributed by atoms with Crippen molar-refractivity contribution >= 4 is 5.91 Å². The van der Waals surface area contributed by atoms with E-state index in [2.05, 4.69) is 43.5 Å². The van der Waals surface area contributed by atoms with Gasteiger partial charge in [0.05, 0.1) is 25.4 Å². The van der Waals surface area contributed by atoms with Crippen molar-refractivity contribution in [3.8, 4) is 0 Å². The fourth-order valence-corrected chi connectivity index (χ4v) is 9.49. The predicted molar refractivity (Wildman–Crippen MR) is 290 cm³/mol. The summed E-state index contributed by atoms with van der Waals surface area (Å²) in [6.07, 6.45) is 58.1. The van der Waals surface area contributed by atoms with E-state index in [-0.39, 0.29) is 12.5 Å². The van der Waals surface area contributed by atoms with E-state index in [1.165, 1.54) is 193 Å². The van der Waals surface area contributed by atoms with Crippen molar-refractivity contribution in [3.05, 3.63) is 36.5 Å². The Bertz CT molecular complexity index is 1180. The van der Waals surface area contributed by atoms with Crippen molar-refractivity contribution in [2.45, 2.75) is 326 Å². The molecule has 9 heteroatoms. The van der Waals surface area contributed by atoms with E-state index in [0.717, 1.165) is 70.6 Å². The van der Waals surface area contributed by atoms with Crippen LogP contribution in [0.2, 0.25) is 0 Å². The first-order valence-corrected chi connectivity index (χ1v) is 29.7. The van der Waals surface area contributed by atoms with E-state index >= 15 is 0 Å². The number of carbonyl (C=O) groups is 1. The van der Waals surface area contributed by atoms with E-state index in [0.29, 0.717) is 6.42 Å². The molecule has 1 heterocycles. The molecule has 0 saturated carbocycles. The molecule has 1 rings (SSSR count). The van der Waals surface area contributed by atoms with Crippen LogP contribution in [-0.2, 0) is 14.3 Å². The maximum Gasteiger partial charge on any atom is 0.220 e. The molecule has 0 radical (unpaired) electrons. The Morgan fingerprint density at radius 1 is 0.493 bits per heavy atom. The van der Waals surface area contributed by atoms with Gasteiger partial charge in [0.1, 0.15) is 24.4 Å². The maximum atomic E-state index is 13.0. The van der Waals surface area contributed by atoms with Crippen LogP contribution in [0.3, 0.4) is 0 Å². The summed E-state index contributed by atoms with van der Waals surface area (Å²) in [5, 5.41) is 54.4. The topological polar surface area (TPSA) is 149 Å². The minimum absolute atomic E-state index is 0.190. The molecule has 69 heavy (non-hydrogen) atoms. The zero-order chi connectivity index (χ0) is 50.1. The quantitative estimate of drug-likeness (QED) is 0.0261. The SMILES string of the molecule is CCC/C=C\C/C=C\CCCCCCCC(=O)NC(COC1OC(CO)C(O)C(O)C1O)C(O)/C=C/CCCCCCCCCCCCCCCCCCCCCCCCCCCCCCCCC. The largest absolute Gasteiger partial charge is 0.394 e. The molecule has 1 aliphatic rings. The molecule has 0 spiro atoms. The molecule has 7 unspecified atom stereocenters. The zero-order valence-corrected chi connectivity index (χ0v) is 45.1. The number of allylic oxidation sites excluding steroid dienone is 5. The number of rotatable bonds is 51. The van der Waals surface area contributed by atoms with Gasteiger partial charge in [0, 0.05) is 6.42 Å². The van der Waals surface area contributed by atoms with Crippen molar-refractivity contribution in [1.29, 1.82) is 0 Å². The van der Waals surface area contributed by atoms with Crippen LogP contribution >= 0.6 is 0 Å². The summed E-state index contributed by atoms with van der Waals surface area (Å²) in [5.74, 6) is -0.190. The fraction of sp³-hybridized carbons (Fsp3) is 0.883. The molecule has 0 aliphatic carbocycles. The Balaban J connectivity index is 2.12. The molecule has 1 aliphatic heterocycles. The third-order valence-electron chi connectivity index (χ3n) is 14.2. The average Bonchev–Trinajstić information content (AvgIpc) is 3.35. The molecule has 7 atom stereocenters. The molecule has 1 saturated heterocycles. The van der Waals surface area contributed by atoms with Crippen molar-refractivity contribution in [2.24, 2.45) is 0 Å². The second-order valence-electron chi connectivity index (χ2n) is 20.8. The van der Waals surface area contributed by atoms with Gasteiger partial charge in [-0.15, -0.1) is 0 Å². The summed E-state index contributed by atoms with van der Waals surface area (Å²) in [6.45, 7) is 3.72. The van der Waals surface area contributed by atoms with Gasteiger partial charge in [-0.3, -0.25) is 4.79 Å². The molecular formula is C60H113NO8. The summed E-state index contributed by atoms with van der Waals surface area (Å²) >= 11 is 0. The number of ether oxygens (including phenoxy) is 2. The van der Waals surface area contributed by atoms with Crippen LogP contribution in [0.1, 0.15) is 284 Å². The number of carbonyl (C=O) groups excluding carboxylic acids is 1. The Morgan fingerprint density at radius 3 is 1.30 bits per heavy atom. The second kappa shape index (κ2) is 50.0. The lowest BCUT2D eigenvalue weighted by Crippen LogP contribution is -2.60. The highest BCUT2D eigenvalue weighted by Crippen LogP contribution is 2.23. The third kappa shape index (κ3) is 39.6. The van der Waals surface area contributed by atoms with Crippen molar-refractivity contribution < 1.29 is 39.8 Å². The summed E-state index contributed by atoms with van der Waals surface area (Å²) < 4.78 is 11.2. The number of hydrogen-bond acceptors (Lipinski definition) is 8. The summed E-state index contributed by atoms with van der Waals surface area (Å²) in [5.41, 5.74) is 0. The monoisotopic (exact) mass is 976 g/mol. The first-order valence-electron chi connectivity index (χ1n) is 29.7. The summed E-state index contributed by atoms with van der Waals surface area (Å²) in [7, 11) is 0. The van der Waals surface area contributed by atoms with Gasteiger partial charge < -0.3 is 40.3 Å². The highest BCUT2D eigenvalue weighted by Gasteiger charge is 2.44. The first-order chi connectivity index (χ1) is 33.8. The van der Waals surface area contributed by atoms with Crippen LogP contribution in [0, 0.1) is 0 Å². The molecule has 9 nitrogen and oxygen atoms in total. The Labute approximate surface area is 425 Å². The third-order valence-corrected chi connectivity index (χ3v) is 14.2. The molecule has 0 aromatic heterocycles. The first kappa shape index (κ1) is 65.4. The lowest BCUT2D eigenvalue weighted by Gasteiger charge is -2.40. The summed E-state index contributed by atoms with van der Waals surface area (Å²) in [6, 6.07) is -0.812. The van der Waals surface area contributed by atoms with Gasteiger partial charge in [0.15, 0.2) is 6.29 Å². The molecule has 0 aromatic rings. The normalized spacial score (nSPS) is 19.7. The lowest BCUT2D eigenvalue weighted by atomic mass is 9.99. The second-order valence-corrected chi connectivity index (χ2v) is 20.8. The van der Waals surface area contributed by atoms with Crippen molar-refractivity contribution in [1.82, 2.24) is 5.32 Å². The highest BCUT2D eigenvalue weighted by molar-refractivity contribution is 5.76. The zero-order valence-electron chi connectivity index (χ0n) is 45.1. The standard InChI is InChI=1S/C60H113NO8/c1-3-5-7-9-11-13-15-17-18-19-20-21-22-23-24-25-26-27-28-29-30-31-32-33-34-35-36-38-39-41-43-45-47-49-54(63)53(52-68-60-59(67)58(66)57(65)55(51-62)69-60)61-56(64)50-48-46-44-42-40-37-16-14-12-10-8-6-4-2/h8,10,14,16,47,49,53-55,57-60,62-63,65-67H,3-7,9,11-13,15,17-46,48,50-52H2,1-2H3,(H,61,64)/b10-8-,16-14-,49-47+. The van der Waals surface area contributed by atoms with E-state index in [1.807, 2.05) is 6.08 Å². The number of unbranched alkanes of at least 4 members (excludes halogenated alkanes) is 37. The number of amides is 1. The number of aliphatic hydroxyl groups excluding tert-OH is 5. The molecule has 1 fully saturated rings. The van der Waals surface area contributed by atoms with Crippen LogP contribution in [-0.4, -0.2) is 87.5 Å². The van der Waals surface area contributed by atoms with Gasteiger partial charge in [0.25, 0.3) is 0 Å².